The van der Waals surface area contributed by atoms with Gasteiger partial charge in [-0.15, -0.1) is 11.8 Å². The van der Waals surface area contributed by atoms with Crippen LogP contribution in [0.25, 0.3) is 0 Å². The molecule has 1 amide bonds. The van der Waals surface area contributed by atoms with E-state index in [1.165, 1.54) is 11.2 Å². The van der Waals surface area contributed by atoms with Crippen LogP contribution in [0.4, 0.5) is 0 Å². The Morgan fingerprint density at radius 1 is 1.19 bits per heavy atom. The van der Waals surface area contributed by atoms with E-state index in [0.29, 0.717) is 15.5 Å². The molecule has 0 bridgehead atoms. The molecule has 0 saturated heterocycles. The lowest BCUT2D eigenvalue weighted by Gasteiger charge is -2.14. The highest BCUT2D eigenvalue weighted by Gasteiger charge is 2.16. The van der Waals surface area contributed by atoms with Gasteiger partial charge in [0, 0.05) is 10.1 Å². The normalized spacial score (nSPS) is 12.4. The molecule has 1 aromatic carbocycles. The highest BCUT2D eigenvalue weighted by Crippen LogP contribution is 2.25. The number of carbonyl (C=O) groups is 1. The van der Waals surface area contributed by atoms with Gasteiger partial charge in [-0.25, -0.2) is 0 Å². The maximum Gasteiger partial charge on any atom is 0.288 e. The van der Waals surface area contributed by atoms with Gasteiger partial charge < -0.3 is 9.73 Å². The van der Waals surface area contributed by atoms with Crippen LogP contribution in [0, 0.1) is 0 Å². The Morgan fingerprint density at radius 3 is 2.38 bits per heavy atom. The summed E-state index contributed by atoms with van der Waals surface area (Å²) in [6, 6.07) is 9.90. The standard InChI is InChI=1S/C16H18BrNO2S/c1-10(2)21-13-6-4-12(5-7-13)11(3)18-16(19)15-14(17)8-9-20-15/h4-11H,1-3H3,(H,18,19)/t11-/m0/s1. The number of furan rings is 1. The smallest absolute Gasteiger partial charge is 0.288 e. The number of rotatable bonds is 5. The summed E-state index contributed by atoms with van der Waals surface area (Å²) < 4.78 is 5.83. The first-order chi connectivity index (χ1) is 9.97. The Kier molecular flexibility index (Phi) is 5.53. The van der Waals surface area contributed by atoms with Crippen molar-refractivity contribution in [1.82, 2.24) is 5.32 Å². The lowest BCUT2D eigenvalue weighted by Crippen LogP contribution is -2.26. The third-order valence-corrected chi connectivity index (χ3v) is 4.56. The molecule has 0 unspecified atom stereocenters. The quantitative estimate of drug-likeness (QED) is 0.753. The Bertz CT molecular complexity index is 607. The van der Waals surface area contributed by atoms with Gasteiger partial charge in [0.05, 0.1) is 16.8 Å². The first-order valence-electron chi connectivity index (χ1n) is 6.78. The summed E-state index contributed by atoms with van der Waals surface area (Å²) in [7, 11) is 0. The van der Waals surface area contributed by atoms with E-state index in [2.05, 4.69) is 47.2 Å². The van der Waals surface area contributed by atoms with Gasteiger partial charge in [-0.2, -0.15) is 0 Å². The van der Waals surface area contributed by atoms with Crippen LogP contribution in [0.5, 0.6) is 0 Å². The van der Waals surface area contributed by atoms with Crippen molar-refractivity contribution >= 4 is 33.6 Å². The maximum atomic E-state index is 12.1. The molecule has 1 aromatic heterocycles. The fraction of sp³-hybridized carbons (Fsp3) is 0.312. The van der Waals surface area contributed by atoms with E-state index in [0.717, 1.165) is 5.56 Å². The minimum atomic E-state index is -0.222. The van der Waals surface area contributed by atoms with Crippen molar-refractivity contribution < 1.29 is 9.21 Å². The van der Waals surface area contributed by atoms with Gasteiger partial charge in [0.15, 0.2) is 0 Å². The van der Waals surface area contributed by atoms with Crippen LogP contribution in [-0.4, -0.2) is 11.2 Å². The number of carbonyl (C=O) groups excluding carboxylic acids is 1. The lowest BCUT2D eigenvalue weighted by molar-refractivity contribution is 0.0911. The summed E-state index contributed by atoms with van der Waals surface area (Å²) in [6.45, 7) is 6.30. The summed E-state index contributed by atoms with van der Waals surface area (Å²) in [5.74, 6) is 0.0776. The van der Waals surface area contributed by atoms with E-state index >= 15 is 0 Å². The average molecular weight is 368 g/mol. The van der Waals surface area contributed by atoms with Crippen LogP contribution in [0.2, 0.25) is 0 Å². The van der Waals surface area contributed by atoms with Gasteiger partial charge in [-0.3, -0.25) is 4.79 Å². The predicted octanol–water partition coefficient (Wildman–Crippen LogP) is 5.03. The number of thioether (sulfide) groups is 1. The second kappa shape index (κ2) is 7.18. The summed E-state index contributed by atoms with van der Waals surface area (Å²) in [6.07, 6.45) is 1.49. The molecule has 1 heterocycles. The largest absolute Gasteiger partial charge is 0.458 e. The second-order valence-corrected chi connectivity index (χ2v) is 7.53. The molecule has 0 aliphatic rings. The molecule has 2 rings (SSSR count). The molecular formula is C16H18BrNO2S. The van der Waals surface area contributed by atoms with Crippen LogP contribution in [0.1, 0.15) is 42.9 Å². The van der Waals surface area contributed by atoms with Gasteiger partial charge in [0.1, 0.15) is 0 Å². The molecule has 0 aliphatic carbocycles. The number of benzene rings is 1. The second-order valence-electron chi connectivity index (χ2n) is 5.03. The Labute approximate surface area is 137 Å². The number of nitrogens with one attached hydrogen (secondary N) is 1. The van der Waals surface area contributed by atoms with Crippen molar-refractivity contribution in [2.24, 2.45) is 0 Å². The van der Waals surface area contributed by atoms with E-state index < -0.39 is 0 Å². The number of amides is 1. The Morgan fingerprint density at radius 2 is 1.86 bits per heavy atom. The molecule has 3 nitrogen and oxygen atoms in total. The van der Waals surface area contributed by atoms with Gasteiger partial charge in [0.2, 0.25) is 5.76 Å². The molecule has 1 atom stereocenters. The van der Waals surface area contributed by atoms with E-state index in [9.17, 15) is 4.79 Å². The monoisotopic (exact) mass is 367 g/mol. The van der Waals surface area contributed by atoms with Gasteiger partial charge >= 0.3 is 0 Å². The first kappa shape index (κ1) is 16.2. The highest BCUT2D eigenvalue weighted by molar-refractivity contribution is 9.10. The van der Waals surface area contributed by atoms with Crippen LogP contribution in [0.15, 0.2) is 50.4 Å². The molecular weight excluding hydrogens is 350 g/mol. The van der Waals surface area contributed by atoms with Crippen LogP contribution < -0.4 is 5.32 Å². The van der Waals surface area contributed by atoms with Crippen molar-refractivity contribution in [1.29, 1.82) is 0 Å². The fourth-order valence-corrected chi connectivity index (χ4v) is 3.13. The van der Waals surface area contributed by atoms with Crippen molar-refractivity contribution in [3.05, 3.63) is 52.4 Å². The summed E-state index contributed by atoms with van der Waals surface area (Å²) in [5.41, 5.74) is 1.07. The fourth-order valence-electron chi connectivity index (χ4n) is 1.91. The topological polar surface area (TPSA) is 42.2 Å². The van der Waals surface area contributed by atoms with Crippen LogP contribution in [0.3, 0.4) is 0 Å². The van der Waals surface area contributed by atoms with Crippen LogP contribution in [-0.2, 0) is 0 Å². The Balaban J connectivity index is 2.01. The van der Waals surface area contributed by atoms with E-state index in [1.807, 2.05) is 30.8 Å². The molecule has 5 heteroatoms. The molecule has 0 spiro atoms. The highest BCUT2D eigenvalue weighted by atomic mass is 79.9. The summed E-state index contributed by atoms with van der Waals surface area (Å²) in [4.78, 5) is 13.3. The summed E-state index contributed by atoms with van der Waals surface area (Å²) >= 11 is 5.11. The lowest BCUT2D eigenvalue weighted by atomic mass is 10.1. The minimum absolute atomic E-state index is 0.0763. The summed E-state index contributed by atoms with van der Waals surface area (Å²) in [5, 5.41) is 3.49. The zero-order valence-corrected chi connectivity index (χ0v) is 14.6. The molecule has 21 heavy (non-hydrogen) atoms. The van der Waals surface area contributed by atoms with Gasteiger partial charge in [-0.05, 0) is 46.6 Å². The van der Waals surface area contributed by atoms with Gasteiger partial charge in [0.25, 0.3) is 5.91 Å². The molecule has 0 saturated carbocycles. The SMILES string of the molecule is CC(C)Sc1ccc([C@H](C)NC(=O)c2occc2Br)cc1. The van der Waals surface area contributed by atoms with E-state index in [1.54, 1.807) is 6.07 Å². The van der Waals surface area contributed by atoms with E-state index in [4.69, 9.17) is 4.42 Å². The van der Waals surface area contributed by atoms with Crippen LogP contribution >= 0.6 is 27.7 Å². The van der Waals surface area contributed by atoms with Crippen molar-refractivity contribution in [2.45, 2.75) is 37.0 Å². The molecule has 0 fully saturated rings. The average Bonchev–Trinajstić information content (AvgIpc) is 2.85. The molecule has 112 valence electrons. The molecule has 0 radical (unpaired) electrons. The zero-order valence-electron chi connectivity index (χ0n) is 12.2. The molecule has 2 aromatic rings. The third-order valence-electron chi connectivity index (χ3n) is 2.92. The third kappa shape index (κ3) is 4.38. The maximum absolute atomic E-state index is 12.1. The zero-order chi connectivity index (χ0) is 15.4. The number of hydrogen-bond acceptors (Lipinski definition) is 3. The number of halogens is 1. The molecule has 1 N–H and O–H groups in total. The minimum Gasteiger partial charge on any atom is -0.458 e. The van der Waals surface area contributed by atoms with Crippen molar-refractivity contribution in [3.8, 4) is 0 Å². The van der Waals surface area contributed by atoms with E-state index in [-0.39, 0.29) is 11.9 Å². The predicted molar refractivity (Wildman–Crippen MR) is 89.7 cm³/mol. The Hall–Kier alpha value is -1.20. The number of hydrogen-bond donors (Lipinski definition) is 1. The first-order valence-corrected chi connectivity index (χ1v) is 8.45. The van der Waals surface area contributed by atoms with Gasteiger partial charge in [-0.1, -0.05) is 26.0 Å². The van der Waals surface area contributed by atoms with Crippen molar-refractivity contribution in [2.75, 3.05) is 0 Å². The van der Waals surface area contributed by atoms with Crippen molar-refractivity contribution in [3.63, 3.8) is 0 Å². The molecule has 0 aliphatic heterocycles.